The molecule has 3 heteroatoms. The lowest BCUT2D eigenvalue weighted by Crippen LogP contribution is -2.43. The maximum absolute atomic E-state index is 5.71. The number of aryl methyl sites for hydroxylation is 1. The minimum Gasteiger partial charge on any atom is -0.354 e. The van der Waals surface area contributed by atoms with Gasteiger partial charge in [0.2, 0.25) is 0 Å². The highest BCUT2D eigenvalue weighted by Gasteiger charge is 2.26. The molecule has 0 aliphatic rings. The van der Waals surface area contributed by atoms with Crippen molar-refractivity contribution in [2.45, 2.75) is 32.3 Å². The van der Waals surface area contributed by atoms with E-state index in [9.17, 15) is 0 Å². The van der Waals surface area contributed by atoms with E-state index in [2.05, 4.69) is 96.8 Å². The number of methoxy groups -OCH3 is 2. The molecule has 30 heavy (non-hydrogen) atoms. The number of ether oxygens (including phenoxy) is 2. The molecule has 0 aliphatic carbocycles. The third-order valence-corrected chi connectivity index (χ3v) is 5.19. The van der Waals surface area contributed by atoms with Gasteiger partial charge >= 0.3 is 0 Å². The van der Waals surface area contributed by atoms with Crippen molar-refractivity contribution < 1.29 is 9.47 Å². The summed E-state index contributed by atoms with van der Waals surface area (Å²) >= 11 is 0. The molecule has 0 fully saturated rings. The molecule has 3 aromatic carbocycles. The van der Waals surface area contributed by atoms with Crippen LogP contribution in [0.4, 0.5) is 0 Å². The van der Waals surface area contributed by atoms with Crippen molar-refractivity contribution in [3.8, 4) is 0 Å². The van der Waals surface area contributed by atoms with Gasteiger partial charge in [-0.2, -0.15) is 0 Å². The van der Waals surface area contributed by atoms with Gasteiger partial charge in [0.1, 0.15) is 0 Å². The molecule has 0 saturated heterocycles. The highest BCUT2D eigenvalue weighted by molar-refractivity contribution is 5.50. The summed E-state index contributed by atoms with van der Waals surface area (Å²) in [5.41, 5.74) is 4.93. The summed E-state index contributed by atoms with van der Waals surface area (Å²) in [7, 11) is 3.40. The Hall–Kier alpha value is -2.72. The summed E-state index contributed by atoms with van der Waals surface area (Å²) in [5, 5.41) is 0. The molecule has 1 atom stereocenters. The highest BCUT2D eigenvalue weighted by Crippen LogP contribution is 2.20. The Labute approximate surface area is 180 Å². The van der Waals surface area contributed by atoms with Crippen molar-refractivity contribution in [3.63, 3.8) is 0 Å². The van der Waals surface area contributed by atoms with E-state index in [0.717, 1.165) is 18.7 Å². The standard InChI is InChI=1S/C27H31NO2/c1-22-14-16-23(17-15-22)18-19-26(27(29-2)30-3)28(20-24-10-6-4-7-11-24)21-25-12-8-5-9-13-25/h4-19,26-27H,20-21H2,1-3H3/b19-18+. The van der Waals surface area contributed by atoms with Crippen molar-refractivity contribution in [2.24, 2.45) is 0 Å². The molecular formula is C27H31NO2. The van der Waals surface area contributed by atoms with E-state index in [1.54, 1.807) is 14.2 Å². The lowest BCUT2D eigenvalue weighted by atomic mass is 10.1. The Bertz CT molecular complexity index is 846. The molecular weight excluding hydrogens is 370 g/mol. The van der Waals surface area contributed by atoms with Gasteiger partial charge in [0.05, 0.1) is 6.04 Å². The van der Waals surface area contributed by atoms with Gasteiger partial charge in [-0.1, -0.05) is 103 Å². The summed E-state index contributed by atoms with van der Waals surface area (Å²) in [5.74, 6) is 0. The summed E-state index contributed by atoms with van der Waals surface area (Å²) in [4.78, 5) is 2.40. The first-order valence-electron chi connectivity index (χ1n) is 10.3. The minimum absolute atomic E-state index is 0.0540. The summed E-state index contributed by atoms with van der Waals surface area (Å²) in [6.07, 6.45) is 3.96. The van der Waals surface area contributed by atoms with E-state index in [1.807, 2.05) is 12.1 Å². The van der Waals surface area contributed by atoms with Crippen LogP contribution in [0.5, 0.6) is 0 Å². The Balaban J connectivity index is 1.92. The van der Waals surface area contributed by atoms with Crippen LogP contribution in [0.2, 0.25) is 0 Å². The molecule has 3 aromatic rings. The molecule has 156 valence electrons. The zero-order chi connectivity index (χ0) is 21.2. The van der Waals surface area contributed by atoms with Crippen LogP contribution in [0.25, 0.3) is 6.08 Å². The number of hydrogen-bond acceptors (Lipinski definition) is 3. The predicted octanol–water partition coefficient (Wildman–Crippen LogP) is 5.70. The maximum Gasteiger partial charge on any atom is 0.175 e. The number of benzene rings is 3. The summed E-state index contributed by atoms with van der Waals surface area (Å²) < 4.78 is 11.4. The molecule has 0 bridgehead atoms. The first-order valence-corrected chi connectivity index (χ1v) is 10.3. The van der Waals surface area contributed by atoms with E-state index < -0.39 is 0 Å². The van der Waals surface area contributed by atoms with E-state index in [0.29, 0.717) is 0 Å². The monoisotopic (exact) mass is 401 g/mol. The smallest absolute Gasteiger partial charge is 0.175 e. The second-order valence-electron chi connectivity index (χ2n) is 7.48. The van der Waals surface area contributed by atoms with Gasteiger partial charge in [-0.15, -0.1) is 0 Å². The van der Waals surface area contributed by atoms with Crippen molar-refractivity contribution in [2.75, 3.05) is 14.2 Å². The van der Waals surface area contributed by atoms with Crippen molar-refractivity contribution in [1.82, 2.24) is 4.90 Å². The van der Waals surface area contributed by atoms with Crippen LogP contribution < -0.4 is 0 Å². The largest absolute Gasteiger partial charge is 0.354 e. The zero-order valence-corrected chi connectivity index (χ0v) is 18.1. The summed E-state index contributed by atoms with van der Waals surface area (Å²) in [6.45, 7) is 3.69. The number of hydrogen-bond donors (Lipinski definition) is 0. The fraction of sp³-hybridized carbons (Fsp3) is 0.259. The number of rotatable bonds is 10. The Morgan fingerprint density at radius 1 is 0.733 bits per heavy atom. The Morgan fingerprint density at radius 2 is 1.23 bits per heavy atom. The Kier molecular flexibility index (Phi) is 8.40. The molecule has 3 nitrogen and oxygen atoms in total. The van der Waals surface area contributed by atoms with Crippen LogP contribution in [0.3, 0.4) is 0 Å². The van der Waals surface area contributed by atoms with Crippen molar-refractivity contribution >= 4 is 6.08 Å². The number of nitrogens with zero attached hydrogens (tertiary/aromatic N) is 1. The quantitative estimate of drug-likeness (QED) is 0.407. The third-order valence-electron chi connectivity index (χ3n) is 5.19. The molecule has 3 rings (SSSR count). The van der Waals surface area contributed by atoms with Gasteiger partial charge < -0.3 is 9.47 Å². The van der Waals surface area contributed by atoms with Crippen molar-refractivity contribution in [1.29, 1.82) is 0 Å². The molecule has 0 saturated carbocycles. The lowest BCUT2D eigenvalue weighted by molar-refractivity contribution is -0.138. The van der Waals surface area contributed by atoms with Crippen LogP contribution in [0.15, 0.2) is 91.0 Å². The Morgan fingerprint density at radius 3 is 1.70 bits per heavy atom. The van der Waals surface area contributed by atoms with Gasteiger partial charge in [-0.3, -0.25) is 4.90 Å². The van der Waals surface area contributed by atoms with Crippen molar-refractivity contribution in [3.05, 3.63) is 113 Å². The van der Waals surface area contributed by atoms with Gasteiger partial charge in [0.15, 0.2) is 6.29 Å². The lowest BCUT2D eigenvalue weighted by Gasteiger charge is -2.34. The maximum atomic E-state index is 5.71. The van der Waals surface area contributed by atoms with Crippen LogP contribution in [-0.2, 0) is 22.6 Å². The minimum atomic E-state index is -0.376. The first kappa shape index (κ1) is 22.0. The second kappa shape index (κ2) is 11.5. The highest BCUT2D eigenvalue weighted by atomic mass is 16.7. The molecule has 0 heterocycles. The average Bonchev–Trinajstić information content (AvgIpc) is 2.79. The van der Waals surface area contributed by atoms with Gasteiger partial charge in [0.25, 0.3) is 0 Å². The van der Waals surface area contributed by atoms with Crippen LogP contribution in [0.1, 0.15) is 22.3 Å². The first-order chi connectivity index (χ1) is 14.7. The van der Waals surface area contributed by atoms with Crippen LogP contribution >= 0.6 is 0 Å². The zero-order valence-electron chi connectivity index (χ0n) is 18.1. The van der Waals surface area contributed by atoms with E-state index in [4.69, 9.17) is 9.47 Å². The van der Waals surface area contributed by atoms with Crippen LogP contribution in [-0.4, -0.2) is 31.5 Å². The van der Waals surface area contributed by atoms with E-state index in [1.165, 1.54) is 16.7 Å². The van der Waals surface area contributed by atoms with E-state index in [-0.39, 0.29) is 12.3 Å². The van der Waals surface area contributed by atoms with Gasteiger partial charge in [-0.05, 0) is 23.6 Å². The molecule has 0 aromatic heterocycles. The fourth-order valence-corrected chi connectivity index (χ4v) is 3.55. The molecule has 0 spiro atoms. The normalized spacial score (nSPS) is 12.7. The van der Waals surface area contributed by atoms with Crippen LogP contribution in [0, 0.1) is 6.92 Å². The predicted molar refractivity (Wildman–Crippen MR) is 124 cm³/mol. The van der Waals surface area contributed by atoms with E-state index >= 15 is 0 Å². The molecule has 0 N–H and O–H groups in total. The molecule has 0 amide bonds. The SMILES string of the molecule is COC(OC)C(/C=C/c1ccc(C)cc1)N(Cc1ccccc1)Cc1ccccc1. The second-order valence-corrected chi connectivity index (χ2v) is 7.48. The fourth-order valence-electron chi connectivity index (χ4n) is 3.55. The molecule has 0 radical (unpaired) electrons. The molecule has 0 aliphatic heterocycles. The van der Waals surface area contributed by atoms with Gasteiger partial charge in [-0.25, -0.2) is 0 Å². The molecule has 1 unspecified atom stereocenters. The third kappa shape index (κ3) is 6.39. The average molecular weight is 402 g/mol. The van der Waals surface area contributed by atoms with Gasteiger partial charge in [0, 0.05) is 27.3 Å². The summed E-state index contributed by atoms with van der Waals surface area (Å²) in [6, 6.07) is 29.5. The topological polar surface area (TPSA) is 21.7 Å².